The number of carbonyl (C=O) groups is 2. The number of rotatable bonds is 4. The summed E-state index contributed by atoms with van der Waals surface area (Å²) in [5.74, 6) is -0.441. The van der Waals surface area contributed by atoms with Crippen LogP contribution in [0.4, 0.5) is 11.4 Å². The van der Waals surface area contributed by atoms with Crippen molar-refractivity contribution in [3.8, 4) is 0 Å². The Morgan fingerprint density at radius 1 is 1.18 bits per heavy atom. The Morgan fingerprint density at radius 3 is 2.68 bits per heavy atom. The van der Waals surface area contributed by atoms with E-state index in [1.54, 1.807) is 42.5 Å². The lowest BCUT2D eigenvalue weighted by molar-refractivity contribution is -0.120. The van der Waals surface area contributed by atoms with Gasteiger partial charge in [0, 0.05) is 11.4 Å². The van der Waals surface area contributed by atoms with Gasteiger partial charge in [0.25, 0.3) is 0 Å². The van der Waals surface area contributed by atoms with Crippen LogP contribution < -0.4 is 16.1 Å². The number of nitrogens with one attached hydrogen (secondary N) is 3. The molecule has 0 spiro atoms. The molecule has 112 valence electrons. The Bertz CT molecular complexity index is 716. The number of hydroxylamine groups is 1. The number of anilines is 2. The summed E-state index contributed by atoms with van der Waals surface area (Å²) >= 11 is 0. The van der Waals surface area contributed by atoms with Gasteiger partial charge in [-0.2, -0.15) is 5.48 Å². The minimum atomic E-state index is -0.866. The first-order chi connectivity index (χ1) is 10.7. The molecule has 0 bridgehead atoms. The molecule has 2 aromatic rings. The summed E-state index contributed by atoms with van der Waals surface area (Å²) in [6.07, 6.45) is 0.305. The Balaban J connectivity index is 1.77. The van der Waals surface area contributed by atoms with Gasteiger partial charge >= 0.3 is 0 Å². The molecule has 0 aliphatic carbocycles. The fraction of sp³-hybridized carbons (Fsp3) is 0.125. The van der Waals surface area contributed by atoms with Crippen molar-refractivity contribution in [2.75, 3.05) is 10.6 Å². The molecule has 0 saturated heterocycles. The maximum Gasteiger partial charge on any atom is 0.248 e. The van der Waals surface area contributed by atoms with E-state index in [4.69, 9.17) is 0 Å². The highest BCUT2D eigenvalue weighted by molar-refractivity contribution is 6.01. The average molecular weight is 297 g/mol. The predicted molar refractivity (Wildman–Crippen MR) is 81.5 cm³/mol. The number of carbonyl (C=O) groups excluding carboxylic acids is 2. The van der Waals surface area contributed by atoms with E-state index in [-0.39, 0.29) is 11.8 Å². The van der Waals surface area contributed by atoms with Crippen molar-refractivity contribution in [3.63, 3.8) is 0 Å². The van der Waals surface area contributed by atoms with E-state index >= 15 is 0 Å². The van der Waals surface area contributed by atoms with Crippen LogP contribution in [0, 0.1) is 0 Å². The molecule has 2 amide bonds. The molecule has 4 N–H and O–H groups in total. The molecule has 0 radical (unpaired) electrons. The maximum absolute atomic E-state index is 12.3. The SMILES string of the molecule is O=C1Cc2cc(NC(=O)[C@H](NO)c3ccccc3)ccc2N1. The van der Waals surface area contributed by atoms with E-state index in [1.807, 2.05) is 11.5 Å². The monoisotopic (exact) mass is 297 g/mol. The fourth-order valence-corrected chi connectivity index (χ4v) is 2.45. The van der Waals surface area contributed by atoms with Crippen molar-refractivity contribution in [2.24, 2.45) is 0 Å². The lowest BCUT2D eigenvalue weighted by Gasteiger charge is -2.15. The molecule has 1 aliphatic rings. The topological polar surface area (TPSA) is 90.5 Å². The van der Waals surface area contributed by atoms with Crippen molar-refractivity contribution < 1.29 is 14.8 Å². The Morgan fingerprint density at radius 2 is 1.95 bits per heavy atom. The van der Waals surface area contributed by atoms with Gasteiger partial charge in [0.1, 0.15) is 6.04 Å². The molecule has 0 saturated carbocycles. The standard InChI is InChI=1S/C16H15N3O3/c20-14-9-11-8-12(6-7-13(11)18-14)17-16(21)15(19-22)10-4-2-1-3-5-10/h1-8,15,19,22H,9H2,(H,17,21)(H,18,20)/t15-/m1/s1. The largest absolute Gasteiger partial charge is 0.326 e. The minimum Gasteiger partial charge on any atom is -0.326 e. The van der Waals surface area contributed by atoms with E-state index in [0.29, 0.717) is 17.7 Å². The Hall–Kier alpha value is -2.70. The molecule has 6 nitrogen and oxygen atoms in total. The van der Waals surface area contributed by atoms with E-state index in [1.165, 1.54) is 0 Å². The van der Waals surface area contributed by atoms with Crippen molar-refractivity contribution in [3.05, 3.63) is 59.7 Å². The minimum absolute atomic E-state index is 0.0577. The summed E-state index contributed by atoms with van der Waals surface area (Å²) in [4.78, 5) is 23.6. The van der Waals surface area contributed by atoms with Gasteiger partial charge in [-0.3, -0.25) is 9.59 Å². The Kier molecular flexibility index (Phi) is 3.86. The highest BCUT2D eigenvalue weighted by Gasteiger charge is 2.21. The fourth-order valence-electron chi connectivity index (χ4n) is 2.45. The third-order valence-electron chi connectivity index (χ3n) is 3.52. The van der Waals surface area contributed by atoms with Gasteiger partial charge in [0.05, 0.1) is 6.42 Å². The number of hydrogen-bond acceptors (Lipinski definition) is 4. The summed E-state index contributed by atoms with van der Waals surface area (Å²) in [6, 6.07) is 13.3. The molecule has 0 unspecified atom stereocenters. The van der Waals surface area contributed by atoms with Crippen molar-refractivity contribution in [1.82, 2.24) is 5.48 Å². The van der Waals surface area contributed by atoms with E-state index < -0.39 is 6.04 Å². The number of fused-ring (bicyclic) bond motifs is 1. The van der Waals surface area contributed by atoms with Gasteiger partial charge in [-0.15, -0.1) is 0 Å². The molecular weight excluding hydrogens is 282 g/mol. The second-order valence-corrected chi connectivity index (χ2v) is 5.06. The summed E-state index contributed by atoms with van der Waals surface area (Å²) in [5, 5.41) is 14.7. The van der Waals surface area contributed by atoms with Crippen LogP contribution in [-0.2, 0) is 16.0 Å². The molecule has 2 aromatic carbocycles. The summed E-state index contributed by atoms with van der Waals surface area (Å²) in [6.45, 7) is 0. The predicted octanol–water partition coefficient (Wildman–Crippen LogP) is 1.84. The molecule has 3 rings (SSSR count). The normalized spacial score (nSPS) is 14.1. The lowest BCUT2D eigenvalue weighted by Crippen LogP contribution is -2.31. The van der Waals surface area contributed by atoms with Crippen molar-refractivity contribution >= 4 is 23.2 Å². The summed E-state index contributed by atoms with van der Waals surface area (Å²) < 4.78 is 0. The zero-order chi connectivity index (χ0) is 15.5. The smallest absolute Gasteiger partial charge is 0.248 e. The van der Waals surface area contributed by atoms with Crippen LogP contribution in [0.3, 0.4) is 0 Å². The van der Waals surface area contributed by atoms with Gasteiger partial charge in [-0.05, 0) is 29.3 Å². The van der Waals surface area contributed by atoms with E-state index in [2.05, 4.69) is 10.6 Å². The van der Waals surface area contributed by atoms with Crippen LogP contribution in [0.25, 0.3) is 0 Å². The van der Waals surface area contributed by atoms with E-state index in [9.17, 15) is 14.8 Å². The number of hydrogen-bond donors (Lipinski definition) is 4. The van der Waals surface area contributed by atoms with Crippen LogP contribution in [0.15, 0.2) is 48.5 Å². The zero-order valence-electron chi connectivity index (χ0n) is 11.7. The molecule has 1 atom stereocenters. The maximum atomic E-state index is 12.3. The van der Waals surface area contributed by atoms with Crippen molar-refractivity contribution in [2.45, 2.75) is 12.5 Å². The van der Waals surface area contributed by atoms with Gasteiger partial charge in [-0.1, -0.05) is 30.3 Å². The first-order valence-corrected chi connectivity index (χ1v) is 6.85. The lowest BCUT2D eigenvalue weighted by atomic mass is 10.1. The highest BCUT2D eigenvalue weighted by Crippen LogP contribution is 2.26. The van der Waals surface area contributed by atoms with Gasteiger partial charge in [0.2, 0.25) is 11.8 Å². The average Bonchev–Trinajstić information content (AvgIpc) is 2.88. The molecule has 0 fully saturated rings. The van der Waals surface area contributed by atoms with Crippen LogP contribution in [0.2, 0.25) is 0 Å². The molecule has 1 heterocycles. The molecular formula is C16H15N3O3. The first kappa shape index (κ1) is 14.2. The first-order valence-electron chi connectivity index (χ1n) is 6.85. The molecule has 6 heteroatoms. The molecule has 22 heavy (non-hydrogen) atoms. The number of benzene rings is 2. The third kappa shape index (κ3) is 2.83. The second kappa shape index (κ2) is 5.97. The van der Waals surface area contributed by atoms with Gasteiger partial charge in [-0.25, -0.2) is 0 Å². The molecule has 0 aromatic heterocycles. The molecule has 1 aliphatic heterocycles. The highest BCUT2D eigenvalue weighted by atomic mass is 16.5. The number of amides is 2. The summed E-state index contributed by atoms with van der Waals surface area (Å²) in [5.41, 5.74) is 4.86. The quantitative estimate of drug-likeness (QED) is 0.648. The van der Waals surface area contributed by atoms with Gasteiger partial charge in [0.15, 0.2) is 0 Å². The van der Waals surface area contributed by atoms with Gasteiger partial charge < -0.3 is 15.8 Å². The van der Waals surface area contributed by atoms with E-state index in [0.717, 1.165) is 11.3 Å². The van der Waals surface area contributed by atoms with Crippen LogP contribution in [0.5, 0.6) is 0 Å². The zero-order valence-corrected chi connectivity index (χ0v) is 11.7. The second-order valence-electron chi connectivity index (χ2n) is 5.06. The Labute approximate surface area is 127 Å². The van der Waals surface area contributed by atoms with Crippen LogP contribution in [0.1, 0.15) is 17.2 Å². The van der Waals surface area contributed by atoms with Crippen LogP contribution in [-0.4, -0.2) is 17.0 Å². The van der Waals surface area contributed by atoms with Crippen LogP contribution >= 0.6 is 0 Å². The summed E-state index contributed by atoms with van der Waals surface area (Å²) in [7, 11) is 0. The van der Waals surface area contributed by atoms with Crippen molar-refractivity contribution in [1.29, 1.82) is 0 Å². The third-order valence-corrected chi connectivity index (χ3v) is 3.52.